The van der Waals surface area contributed by atoms with E-state index in [-0.39, 0.29) is 24.2 Å². The first-order valence-electron chi connectivity index (χ1n) is 8.53. The Morgan fingerprint density at radius 1 is 1.20 bits per heavy atom. The summed E-state index contributed by atoms with van der Waals surface area (Å²) in [4.78, 5) is 11.9. The maximum atomic E-state index is 13.1. The van der Waals surface area contributed by atoms with Crippen molar-refractivity contribution in [2.24, 2.45) is 0 Å². The van der Waals surface area contributed by atoms with E-state index < -0.39 is 0 Å². The summed E-state index contributed by atoms with van der Waals surface area (Å²) in [7, 11) is 0. The zero-order valence-corrected chi connectivity index (χ0v) is 14.0. The van der Waals surface area contributed by atoms with Crippen molar-refractivity contribution in [2.75, 3.05) is 13.2 Å². The largest absolute Gasteiger partial charge is 0.491 e. The van der Waals surface area contributed by atoms with E-state index in [2.05, 4.69) is 5.32 Å². The average molecular weight is 343 g/mol. The van der Waals surface area contributed by atoms with Crippen LogP contribution in [0.2, 0.25) is 0 Å². The Kier molecular flexibility index (Phi) is 6.01. The minimum Gasteiger partial charge on any atom is -0.491 e. The summed E-state index contributed by atoms with van der Waals surface area (Å²) in [6.45, 7) is 1.83. The fourth-order valence-corrected chi connectivity index (χ4v) is 2.76. The molecular weight excluding hydrogens is 321 g/mol. The Morgan fingerprint density at radius 2 is 2.04 bits per heavy atom. The van der Waals surface area contributed by atoms with Gasteiger partial charge in [-0.2, -0.15) is 0 Å². The number of halogens is 1. The quantitative estimate of drug-likeness (QED) is 0.839. The Balaban J connectivity index is 1.42. The molecule has 0 saturated carbocycles. The molecule has 0 aromatic heterocycles. The van der Waals surface area contributed by atoms with Crippen LogP contribution in [-0.2, 0) is 22.5 Å². The van der Waals surface area contributed by atoms with Crippen molar-refractivity contribution >= 4 is 5.91 Å². The Bertz CT molecular complexity index is 696. The summed E-state index contributed by atoms with van der Waals surface area (Å²) in [5.74, 6) is 0.332. The summed E-state index contributed by atoms with van der Waals surface area (Å²) in [6.07, 6.45) is 2.51. The van der Waals surface area contributed by atoms with Crippen molar-refractivity contribution < 1.29 is 18.7 Å². The van der Waals surface area contributed by atoms with Gasteiger partial charge < -0.3 is 14.8 Å². The van der Waals surface area contributed by atoms with Gasteiger partial charge in [-0.3, -0.25) is 4.79 Å². The van der Waals surface area contributed by atoms with Gasteiger partial charge in [0.2, 0.25) is 5.91 Å². The molecule has 132 valence electrons. The van der Waals surface area contributed by atoms with Crippen LogP contribution in [0.15, 0.2) is 48.5 Å². The molecule has 0 spiro atoms. The van der Waals surface area contributed by atoms with Crippen molar-refractivity contribution in [2.45, 2.75) is 31.9 Å². The third-order valence-corrected chi connectivity index (χ3v) is 4.13. The lowest BCUT2D eigenvalue weighted by Gasteiger charge is -2.12. The van der Waals surface area contributed by atoms with Crippen LogP contribution in [0.5, 0.6) is 5.75 Å². The van der Waals surface area contributed by atoms with Gasteiger partial charge in [0.1, 0.15) is 18.2 Å². The highest BCUT2D eigenvalue weighted by Crippen LogP contribution is 2.16. The van der Waals surface area contributed by atoms with Gasteiger partial charge >= 0.3 is 0 Å². The predicted molar refractivity (Wildman–Crippen MR) is 92.9 cm³/mol. The molecule has 1 amide bonds. The fourth-order valence-electron chi connectivity index (χ4n) is 2.76. The van der Waals surface area contributed by atoms with Crippen LogP contribution in [0.1, 0.15) is 24.0 Å². The van der Waals surface area contributed by atoms with Gasteiger partial charge in [0.25, 0.3) is 0 Å². The first-order valence-corrected chi connectivity index (χ1v) is 8.53. The molecule has 0 aliphatic carbocycles. The highest BCUT2D eigenvalue weighted by molar-refractivity contribution is 5.78. The first-order chi connectivity index (χ1) is 12.2. The molecule has 25 heavy (non-hydrogen) atoms. The summed E-state index contributed by atoms with van der Waals surface area (Å²) in [5.41, 5.74) is 1.65. The van der Waals surface area contributed by atoms with E-state index in [0.29, 0.717) is 18.7 Å². The van der Waals surface area contributed by atoms with Crippen molar-refractivity contribution in [3.63, 3.8) is 0 Å². The molecule has 3 rings (SSSR count). The fraction of sp³-hybridized carbons (Fsp3) is 0.350. The number of carbonyl (C=O) groups excluding carboxylic acids is 1. The zero-order chi connectivity index (χ0) is 17.5. The number of rotatable bonds is 7. The van der Waals surface area contributed by atoms with Crippen molar-refractivity contribution in [3.05, 3.63) is 65.5 Å². The zero-order valence-electron chi connectivity index (χ0n) is 14.0. The standard InChI is InChI=1S/C20H22FNO3/c21-17-4-1-3-16(11-17)12-20(23)22-13-15-6-8-18(9-7-15)25-14-19-5-2-10-24-19/h1,3-4,6-9,11,19H,2,5,10,12-14H2,(H,22,23)/t19-/m1/s1. The van der Waals surface area contributed by atoms with Gasteiger partial charge in [0.15, 0.2) is 0 Å². The second-order valence-electron chi connectivity index (χ2n) is 6.17. The van der Waals surface area contributed by atoms with E-state index in [1.807, 2.05) is 24.3 Å². The monoisotopic (exact) mass is 343 g/mol. The molecule has 0 unspecified atom stereocenters. The molecule has 2 aromatic carbocycles. The maximum absolute atomic E-state index is 13.1. The van der Waals surface area contributed by atoms with E-state index >= 15 is 0 Å². The minimum atomic E-state index is -0.330. The van der Waals surface area contributed by atoms with Gasteiger partial charge in [0.05, 0.1) is 12.5 Å². The van der Waals surface area contributed by atoms with Crippen LogP contribution in [0.3, 0.4) is 0 Å². The molecule has 1 heterocycles. The smallest absolute Gasteiger partial charge is 0.224 e. The van der Waals surface area contributed by atoms with Crippen LogP contribution in [-0.4, -0.2) is 25.2 Å². The molecule has 1 saturated heterocycles. The Labute approximate surface area is 147 Å². The number of hydrogen-bond acceptors (Lipinski definition) is 3. The normalized spacial score (nSPS) is 16.6. The van der Waals surface area contributed by atoms with Crippen molar-refractivity contribution in [1.29, 1.82) is 0 Å². The van der Waals surface area contributed by atoms with E-state index in [1.54, 1.807) is 12.1 Å². The SMILES string of the molecule is O=C(Cc1cccc(F)c1)NCc1ccc(OC[C@H]2CCCO2)cc1. The summed E-state index contributed by atoms with van der Waals surface area (Å²) in [5, 5.41) is 2.84. The van der Waals surface area contributed by atoms with E-state index in [9.17, 15) is 9.18 Å². The molecule has 5 heteroatoms. The average Bonchev–Trinajstić information content (AvgIpc) is 3.13. The lowest BCUT2D eigenvalue weighted by molar-refractivity contribution is -0.120. The Hall–Kier alpha value is -2.40. The molecule has 1 N–H and O–H groups in total. The number of carbonyl (C=O) groups is 1. The number of ether oxygens (including phenoxy) is 2. The molecule has 1 fully saturated rings. The molecule has 1 aliphatic heterocycles. The second kappa shape index (κ2) is 8.62. The summed E-state index contributed by atoms with van der Waals surface area (Å²) < 4.78 is 24.4. The number of benzene rings is 2. The number of nitrogens with one attached hydrogen (secondary N) is 1. The third-order valence-electron chi connectivity index (χ3n) is 4.13. The lowest BCUT2D eigenvalue weighted by Crippen LogP contribution is -2.24. The van der Waals surface area contributed by atoms with Crippen LogP contribution in [0.25, 0.3) is 0 Å². The summed E-state index contributed by atoms with van der Waals surface area (Å²) in [6, 6.07) is 13.7. The summed E-state index contributed by atoms with van der Waals surface area (Å²) >= 11 is 0. The minimum absolute atomic E-state index is 0.135. The molecule has 1 aliphatic rings. The van der Waals surface area contributed by atoms with Crippen LogP contribution in [0, 0.1) is 5.82 Å². The van der Waals surface area contributed by atoms with Crippen molar-refractivity contribution in [1.82, 2.24) is 5.32 Å². The van der Waals surface area contributed by atoms with Crippen LogP contribution >= 0.6 is 0 Å². The number of hydrogen-bond donors (Lipinski definition) is 1. The van der Waals surface area contributed by atoms with Gasteiger partial charge in [0, 0.05) is 13.2 Å². The van der Waals surface area contributed by atoms with Crippen LogP contribution < -0.4 is 10.1 Å². The Morgan fingerprint density at radius 3 is 2.76 bits per heavy atom. The molecule has 0 radical (unpaired) electrons. The molecule has 2 aromatic rings. The van der Waals surface area contributed by atoms with Gasteiger partial charge in [-0.1, -0.05) is 24.3 Å². The van der Waals surface area contributed by atoms with E-state index in [1.165, 1.54) is 12.1 Å². The van der Waals surface area contributed by atoms with E-state index in [4.69, 9.17) is 9.47 Å². The number of amides is 1. The van der Waals surface area contributed by atoms with Gasteiger partial charge in [-0.05, 0) is 48.2 Å². The molecular formula is C20H22FNO3. The van der Waals surface area contributed by atoms with Crippen molar-refractivity contribution in [3.8, 4) is 5.75 Å². The van der Waals surface area contributed by atoms with Crippen LogP contribution in [0.4, 0.5) is 4.39 Å². The second-order valence-corrected chi connectivity index (χ2v) is 6.17. The van der Waals surface area contributed by atoms with E-state index in [0.717, 1.165) is 30.8 Å². The molecule has 1 atom stereocenters. The molecule has 0 bridgehead atoms. The van der Waals surface area contributed by atoms with Gasteiger partial charge in [-0.15, -0.1) is 0 Å². The first kappa shape index (κ1) is 17.4. The topological polar surface area (TPSA) is 47.6 Å². The van der Waals surface area contributed by atoms with Gasteiger partial charge in [-0.25, -0.2) is 4.39 Å². The maximum Gasteiger partial charge on any atom is 0.224 e. The third kappa shape index (κ3) is 5.57. The highest BCUT2D eigenvalue weighted by Gasteiger charge is 2.15. The lowest BCUT2D eigenvalue weighted by atomic mass is 10.1. The predicted octanol–water partition coefficient (Wildman–Crippen LogP) is 3.24. The molecule has 4 nitrogen and oxygen atoms in total. The highest BCUT2D eigenvalue weighted by atomic mass is 19.1.